The summed E-state index contributed by atoms with van der Waals surface area (Å²) in [6.07, 6.45) is 0. The van der Waals surface area contributed by atoms with E-state index < -0.39 is 0 Å². The van der Waals surface area contributed by atoms with Crippen LogP contribution < -0.4 is 15.4 Å². The highest BCUT2D eigenvalue weighted by atomic mass is 16.5. The normalized spacial score (nSPS) is 10.5. The minimum atomic E-state index is -0.0441. The molecule has 0 aliphatic rings. The van der Waals surface area contributed by atoms with E-state index in [1.54, 1.807) is 0 Å². The average Bonchev–Trinajstić information content (AvgIpc) is 2.50. The van der Waals surface area contributed by atoms with E-state index in [0.29, 0.717) is 12.5 Å². The van der Waals surface area contributed by atoms with Gasteiger partial charge in [-0.2, -0.15) is 0 Å². The molecule has 1 amide bonds. The third-order valence-electron chi connectivity index (χ3n) is 2.96. The number of benzene rings is 2. The summed E-state index contributed by atoms with van der Waals surface area (Å²) in [6, 6.07) is 16.9. The van der Waals surface area contributed by atoms with E-state index in [-0.39, 0.29) is 5.91 Å². The van der Waals surface area contributed by atoms with Crippen LogP contribution in [0.5, 0.6) is 11.5 Å². The van der Waals surface area contributed by atoms with Gasteiger partial charge in [-0.3, -0.25) is 4.79 Å². The number of nitrogens with one attached hydrogen (secondary N) is 2. The lowest BCUT2D eigenvalue weighted by atomic mass is 10.2. The van der Waals surface area contributed by atoms with Crippen LogP contribution >= 0.6 is 0 Å². The van der Waals surface area contributed by atoms with Crippen LogP contribution in [0.1, 0.15) is 13.8 Å². The first-order valence-electron chi connectivity index (χ1n) is 7.47. The SMILES string of the molecule is CC(C)CNCC(=O)Nc1ccc(Oc2ccccc2)cc1. The van der Waals surface area contributed by atoms with Crippen LogP contribution in [0.3, 0.4) is 0 Å². The Bertz CT molecular complexity index is 580. The zero-order valence-electron chi connectivity index (χ0n) is 13.0. The van der Waals surface area contributed by atoms with Gasteiger partial charge in [-0.25, -0.2) is 0 Å². The Hall–Kier alpha value is -2.33. The molecule has 116 valence electrons. The summed E-state index contributed by atoms with van der Waals surface area (Å²) in [5, 5.41) is 5.96. The summed E-state index contributed by atoms with van der Waals surface area (Å²) < 4.78 is 5.70. The van der Waals surface area contributed by atoms with Crippen molar-refractivity contribution in [2.75, 3.05) is 18.4 Å². The molecule has 2 aromatic carbocycles. The maximum absolute atomic E-state index is 11.8. The van der Waals surface area contributed by atoms with E-state index in [2.05, 4.69) is 24.5 Å². The number of ether oxygens (including phenoxy) is 1. The highest BCUT2D eigenvalue weighted by Gasteiger charge is 2.03. The lowest BCUT2D eigenvalue weighted by Crippen LogP contribution is -2.30. The van der Waals surface area contributed by atoms with Crippen molar-refractivity contribution >= 4 is 11.6 Å². The topological polar surface area (TPSA) is 50.4 Å². The van der Waals surface area contributed by atoms with Crippen molar-refractivity contribution in [2.45, 2.75) is 13.8 Å². The molecule has 0 aliphatic heterocycles. The van der Waals surface area contributed by atoms with Gasteiger partial charge in [-0.1, -0.05) is 32.0 Å². The van der Waals surface area contributed by atoms with Crippen molar-refractivity contribution in [3.05, 3.63) is 54.6 Å². The van der Waals surface area contributed by atoms with Crippen LogP contribution in [0.15, 0.2) is 54.6 Å². The lowest BCUT2D eigenvalue weighted by molar-refractivity contribution is -0.115. The van der Waals surface area contributed by atoms with E-state index >= 15 is 0 Å². The van der Waals surface area contributed by atoms with Gasteiger partial charge >= 0.3 is 0 Å². The molecule has 0 unspecified atom stereocenters. The Morgan fingerprint density at radius 1 is 1.00 bits per heavy atom. The molecule has 0 radical (unpaired) electrons. The first-order chi connectivity index (χ1) is 10.6. The smallest absolute Gasteiger partial charge is 0.238 e. The second kappa shape index (κ2) is 8.20. The van der Waals surface area contributed by atoms with Crippen molar-refractivity contribution in [1.29, 1.82) is 0 Å². The summed E-state index contributed by atoms with van der Waals surface area (Å²) in [4.78, 5) is 11.8. The first kappa shape index (κ1) is 16.0. The van der Waals surface area contributed by atoms with Crippen LogP contribution in [0.2, 0.25) is 0 Å². The van der Waals surface area contributed by atoms with Crippen molar-refractivity contribution in [2.24, 2.45) is 5.92 Å². The fourth-order valence-corrected chi connectivity index (χ4v) is 1.91. The van der Waals surface area contributed by atoms with Crippen LogP contribution in [-0.2, 0) is 4.79 Å². The molecule has 4 heteroatoms. The highest BCUT2D eigenvalue weighted by Crippen LogP contribution is 2.22. The molecular weight excluding hydrogens is 276 g/mol. The van der Waals surface area contributed by atoms with Gasteiger partial charge in [0.15, 0.2) is 0 Å². The minimum absolute atomic E-state index is 0.0441. The molecule has 2 aromatic rings. The standard InChI is InChI=1S/C18H22N2O2/c1-14(2)12-19-13-18(21)20-15-8-10-17(11-9-15)22-16-6-4-3-5-7-16/h3-11,14,19H,12-13H2,1-2H3,(H,20,21). The molecule has 22 heavy (non-hydrogen) atoms. The molecule has 0 saturated heterocycles. The molecule has 0 spiro atoms. The van der Waals surface area contributed by atoms with Crippen molar-refractivity contribution in [1.82, 2.24) is 5.32 Å². The maximum atomic E-state index is 11.8. The third kappa shape index (κ3) is 5.58. The van der Waals surface area contributed by atoms with Crippen LogP contribution in [0, 0.1) is 5.92 Å². The fraction of sp³-hybridized carbons (Fsp3) is 0.278. The first-order valence-corrected chi connectivity index (χ1v) is 7.47. The lowest BCUT2D eigenvalue weighted by Gasteiger charge is -2.09. The van der Waals surface area contributed by atoms with Crippen molar-refractivity contribution < 1.29 is 9.53 Å². The highest BCUT2D eigenvalue weighted by molar-refractivity contribution is 5.92. The van der Waals surface area contributed by atoms with Crippen LogP contribution in [-0.4, -0.2) is 19.0 Å². The Balaban J connectivity index is 1.82. The molecule has 0 saturated carbocycles. The van der Waals surface area contributed by atoms with E-state index in [9.17, 15) is 4.79 Å². The molecule has 0 atom stereocenters. The number of amides is 1. The van der Waals surface area contributed by atoms with E-state index in [4.69, 9.17) is 4.74 Å². The number of para-hydroxylation sites is 1. The largest absolute Gasteiger partial charge is 0.457 e. The van der Waals surface area contributed by atoms with E-state index in [1.165, 1.54) is 0 Å². The second-order valence-corrected chi connectivity index (χ2v) is 5.51. The van der Waals surface area contributed by atoms with Crippen molar-refractivity contribution in [3.63, 3.8) is 0 Å². The predicted molar refractivity (Wildman–Crippen MR) is 89.3 cm³/mol. The minimum Gasteiger partial charge on any atom is -0.457 e. The number of anilines is 1. The molecule has 2 N–H and O–H groups in total. The second-order valence-electron chi connectivity index (χ2n) is 5.51. The molecule has 0 aromatic heterocycles. The number of carbonyl (C=O) groups excluding carboxylic acids is 1. The Morgan fingerprint density at radius 3 is 2.27 bits per heavy atom. The third-order valence-corrected chi connectivity index (χ3v) is 2.96. The fourth-order valence-electron chi connectivity index (χ4n) is 1.91. The van der Waals surface area contributed by atoms with Crippen LogP contribution in [0.25, 0.3) is 0 Å². The number of rotatable bonds is 7. The number of hydrogen-bond donors (Lipinski definition) is 2. The van der Waals surface area contributed by atoms with E-state index in [0.717, 1.165) is 23.7 Å². The Labute approximate surface area is 131 Å². The zero-order chi connectivity index (χ0) is 15.8. The monoisotopic (exact) mass is 298 g/mol. The van der Waals surface area contributed by atoms with Gasteiger partial charge in [0.05, 0.1) is 6.54 Å². The Morgan fingerprint density at radius 2 is 1.64 bits per heavy atom. The molecular formula is C18H22N2O2. The van der Waals surface area contributed by atoms with Crippen LogP contribution in [0.4, 0.5) is 5.69 Å². The van der Waals surface area contributed by atoms with Gasteiger partial charge in [0, 0.05) is 5.69 Å². The van der Waals surface area contributed by atoms with E-state index in [1.807, 2.05) is 54.6 Å². The number of carbonyl (C=O) groups is 1. The van der Waals surface area contributed by atoms with Crippen molar-refractivity contribution in [3.8, 4) is 11.5 Å². The molecule has 0 bridgehead atoms. The maximum Gasteiger partial charge on any atom is 0.238 e. The van der Waals surface area contributed by atoms with Gasteiger partial charge in [-0.05, 0) is 48.9 Å². The van der Waals surface area contributed by atoms with Gasteiger partial charge in [0.1, 0.15) is 11.5 Å². The summed E-state index contributed by atoms with van der Waals surface area (Å²) in [6.45, 7) is 5.37. The summed E-state index contributed by atoms with van der Waals surface area (Å²) in [5.41, 5.74) is 0.761. The predicted octanol–water partition coefficient (Wildman–Crippen LogP) is 3.66. The molecule has 0 fully saturated rings. The molecule has 2 rings (SSSR count). The molecule has 0 aliphatic carbocycles. The summed E-state index contributed by atoms with van der Waals surface area (Å²) in [7, 11) is 0. The Kier molecular flexibility index (Phi) is 5.98. The van der Waals surface area contributed by atoms with Gasteiger partial charge in [-0.15, -0.1) is 0 Å². The summed E-state index contributed by atoms with van der Waals surface area (Å²) in [5.74, 6) is 2.01. The van der Waals surface area contributed by atoms with Gasteiger partial charge in [0.25, 0.3) is 0 Å². The quantitative estimate of drug-likeness (QED) is 0.820. The van der Waals surface area contributed by atoms with Gasteiger partial charge < -0.3 is 15.4 Å². The number of hydrogen-bond acceptors (Lipinski definition) is 3. The molecule has 0 heterocycles. The summed E-state index contributed by atoms with van der Waals surface area (Å²) >= 11 is 0. The molecule has 4 nitrogen and oxygen atoms in total. The van der Waals surface area contributed by atoms with Gasteiger partial charge in [0.2, 0.25) is 5.91 Å². The zero-order valence-corrected chi connectivity index (χ0v) is 13.0. The average molecular weight is 298 g/mol.